The molecule has 2 aromatic carbocycles. The van der Waals surface area contributed by atoms with E-state index in [-0.39, 0.29) is 12.5 Å². The van der Waals surface area contributed by atoms with Crippen molar-refractivity contribution in [1.29, 1.82) is 0 Å². The largest absolute Gasteiger partial charge is 0.482 e. The second kappa shape index (κ2) is 6.67. The molecule has 0 spiro atoms. The Balaban J connectivity index is 1.70. The number of carbonyl (C=O) groups excluding carboxylic acids is 1. The Labute approximate surface area is 139 Å². The van der Waals surface area contributed by atoms with E-state index in [1.54, 1.807) is 18.3 Å². The Kier molecular flexibility index (Phi) is 4.44. The van der Waals surface area contributed by atoms with Gasteiger partial charge in [0.25, 0.3) is 5.91 Å². The Morgan fingerprint density at radius 2 is 2.04 bits per heavy atom. The molecule has 116 valence electrons. The van der Waals surface area contributed by atoms with E-state index in [0.29, 0.717) is 16.5 Å². The van der Waals surface area contributed by atoms with Gasteiger partial charge in [0.2, 0.25) is 0 Å². The van der Waals surface area contributed by atoms with E-state index in [0.717, 1.165) is 16.5 Å². The molecule has 4 nitrogen and oxygen atoms in total. The number of aromatic nitrogens is 1. The molecule has 0 aliphatic heterocycles. The minimum Gasteiger partial charge on any atom is -0.482 e. The molecule has 0 saturated carbocycles. The molecular weight excluding hydrogens is 312 g/mol. The Hall–Kier alpha value is -2.59. The van der Waals surface area contributed by atoms with Crippen molar-refractivity contribution in [2.45, 2.75) is 6.92 Å². The van der Waals surface area contributed by atoms with Crippen LogP contribution in [-0.4, -0.2) is 17.5 Å². The second-order valence-corrected chi connectivity index (χ2v) is 5.56. The molecule has 3 rings (SSSR count). The molecule has 0 radical (unpaired) electrons. The molecule has 0 atom stereocenters. The Bertz CT molecular complexity index is 859. The summed E-state index contributed by atoms with van der Waals surface area (Å²) in [6, 6.07) is 14.9. The number of hydrogen-bond donors (Lipinski definition) is 1. The van der Waals surface area contributed by atoms with Gasteiger partial charge in [-0.3, -0.25) is 9.78 Å². The molecule has 0 aliphatic carbocycles. The van der Waals surface area contributed by atoms with E-state index < -0.39 is 0 Å². The van der Waals surface area contributed by atoms with E-state index in [4.69, 9.17) is 16.3 Å². The van der Waals surface area contributed by atoms with Gasteiger partial charge in [-0.25, -0.2) is 0 Å². The highest BCUT2D eigenvalue weighted by molar-refractivity contribution is 6.32. The number of nitrogens with zero attached hydrogens (tertiary/aromatic N) is 1. The first kappa shape index (κ1) is 15.3. The van der Waals surface area contributed by atoms with Gasteiger partial charge in [0.15, 0.2) is 6.61 Å². The van der Waals surface area contributed by atoms with Crippen molar-refractivity contribution in [3.63, 3.8) is 0 Å². The number of fused-ring (bicyclic) bond motifs is 1. The molecule has 1 heterocycles. The van der Waals surface area contributed by atoms with Crippen molar-refractivity contribution in [2.24, 2.45) is 0 Å². The highest BCUT2D eigenvalue weighted by Crippen LogP contribution is 2.25. The summed E-state index contributed by atoms with van der Waals surface area (Å²) in [5, 5.41) is 4.27. The van der Waals surface area contributed by atoms with E-state index in [1.165, 1.54) is 0 Å². The number of benzene rings is 2. The lowest BCUT2D eigenvalue weighted by Gasteiger charge is -2.10. The van der Waals surface area contributed by atoms with Crippen molar-refractivity contribution in [2.75, 3.05) is 11.9 Å². The molecule has 23 heavy (non-hydrogen) atoms. The minimum atomic E-state index is -0.263. The number of anilines is 1. The number of pyridine rings is 1. The van der Waals surface area contributed by atoms with E-state index in [1.807, 2.05) is 43.3 Å². The number of ether oxygens (including phenoxy) is 1. The lowest BCUT2D eigenvalue weighted by Crippen LogP contribution is -2.20. The predicted octanol–water partition coefficient (Wildman–Crippen LogP) is 4.21. The second-order valence-electron chi connectivity index (χ2n) is 5.15. The number of amides is 1. The molecule has 0 unspecified atom stereocenters. The molecular formula is C18H15ClN2O2. The van der Waals surface area contributed by atoms with Crippen molar-refractivity contribution in [3.8, 4) is 5.75 Å². The van der Waals surface area contributed by atoms with Gasteiger partial charge >= 0.3 is 0 Å². The zero-order chi connectivity index (χ0) is 16.2. The summed E-state index contributed by atoms with van der Waals surface area (Å²) in [7, 11) is 0. The third kappa shape index (κ3) is 3.60. The fourth-order valence-electron chi connectivity index (χ4n) is 2.26. The van der Waals surface area contributed by atoms with Gasteiger partial charge in [-0.05, 0) is 36.8 Å². The number of rotatable bonds is 4. The zero-order valence-electron chi connectivity index (χ0n) is 12.5. The Morgan fingerprint density at radius 3 is 2.91 bits per heavy atom. The Morgan fingerprint density at radius 1 is 1.22 bits per heavy atom. The topological polar surface area (TPSA) is 51.2 Å². The SMILES string of the molecule is Cc1ccc(Cl)c(OCC(=O)Nc2cccc3cccnc23)c1. The monoisotopic (exact) mass is 326 g/mol. The van der Waals surface area contributed by atoms with Gasteiger partial charge in [0.05, 0.1) is 16.2 Å². The number of hydrogen-bond acceptors (Lipinski definition) is 3. The van der Waals surface area contributed by atoms with Crippen molar-refractivity contribution in [3.05, 3.63) is 65.3 Å². The lowest BCUT2D eigenvalue weighted by atomic mass is 10.2. The first-order valence-corrected chi connectivity index (χ1v) is 7.54. The smallest absolute Gasteiger partial charge is 0.262 e. The predicted molar refractivity (Wildman–Crippen MR) is 92.1 cm³/mol. The van der Waals surface area contributed by atoms with Crippen LogP contribution in [0.5, 0.6) is 5.75 Å². The summed E-state index contributed by atoms with van der Waals surface area (Å²) < 4.78 is 5.50. The van der Waals surface area contributed by atoms with Crippen molar-refractivity contribution >= 4 is 34.1 Å². The quantitative estimate of drug-likeness (QED) is 0.781. The third-order valence-electron chi connectivity index (χ3n) is 3.35. The maximum Gasteiger partial charge on any atom is 0.262 e. The van der Waals surface area contributed by atoms with E-state index in [9.17, 15) is 4.79 Å². The zero-order valence-corrected chi connectivity index (χ0v) is 13.3. The van der Waals surface area contributed by atoms with Crippen LogP contribution in [0.15, 0.2) is 54.7 Å². The highest BCUT2D eigenvalue weighted by Gasteiger charge is 2.09. The van der Waals surface area contributed by atoms with Crippen LogP contribution in [0.4, 0.5) is 5.69 Å². The summed E-state index contributed by atoms with van der Waals surface area (Å²) in [4.78, 5) is 16.4. The molecule has 0 aliphatic rings. The molecule has 1 N–H and O–H groups in total. The summed E-state index contributed by atoms with van der Waals surface area (Å²) in [6.45, 7) is 1.82. The first-order valence-electron chi connectivity index (χ1n) is 7.16. The summed E-state index contributed by atoms with van der Waals surface area (Å²) in [6.07, 6.45) is 1.70. The summed E-state index contributed by atoms with van der Waals surface area (Å²) in [5.41, 5.74) is 2.42. The molecule has 1 amide bonds. The molecule has 0 fully saturated rings. The standard InChI is InChI=1S/C18H15ClN2O2/c1-12-7-8-14(19)16(10-12)23-11-17(22)21-15-6-2-4-13-5-3-9-20-18(13)15/h2-10H,11H2,1H3,(H,21,22). The van der Waals surface area contributed by atoms with Crippen LogP contribution in [0.1, 0.15) is 5.56 Å². The van der Waals surface area contributed by atoms with Gasteiger partial charge in [0.1, 0.15) is 5.75 Å². The number of nitrogens with one attached hydrogen (secondary N) is 1. The average molecular weight is 327 g/mol. The van der Waals surface area contributed by atoms with E-state index in [2.05, 4.69) is 10.3 Å². The van der Waals surface area contributed by atoms with Crippen LogP contribution in [-0.2, 0) is 4.79 Å². The number of carbonyl (C=O) groups is 1. The number of halogens is 1. The lowest BCUT2D eigenvalue weighted by molar-refractivity contribution is -0.118. The molecule has 3 aromatic rings. The number of para-hydroxylation sites is 1. The summed E-state index contributed by atoms with van der Waals surface area (Å²) in [5.74, 6) is 0.235. The van der Waals surface area contributed by atoms with Gasteiger partial charge < -0.3 is 10.1 Å². The fourth-order valence-corrected chi connectivity index (χ4v) is 2.43. The summed E-state index contributed by atoms with van der Waals surface area (Å²) >= 11 is 6.05. The van der Waals surface area contributed by atoms with Gasteiger partial charge in [-0.15, -0.1) is 0 Å². The van der Waals surface area contributed by atoms with Gasteiger partial charge in [0, 0.05) is 11.6 Å². The third-order valence-corrected chi connectivity index (χ3v) is 3.66. The molecule has 5 heteroatoms. The maximum atomic E-state index is 12.1. The molecule has 0 saturated heterocycles. The van der Waals surface area contributed by atoms with Crippen LogP contribution in [0.25, 0.3) is 10.9 Å². The van der Waals surface area contributed by atoms with Crippen LogP contribution >= 0.6 is 11.6 Å². The fraction of sp³-hybridized carbons (Fsp3) is 0.111. The van der Waals surface area contributed by atoms with Gasteiger partial charge in [-0.2, -0.15) is 0 Å². The van der Waals surface area contributed by atoms with Crippen LogP contribution < -0.4 is 10.1 Å². The van der Waals surface area contributed by atoms with Crippen molar-refractivity contribution in [1.82, 2.24) is 4.98 Å². The van der Waals surface area contributed by atoms with Gasteiger partial charge in [-0.1, -0.05) is 35.9 Å². The van der Waals surface area contributed by atoms with E-state index >= 15 is 0 Å². The average Bonchev–Trinajstić information content (AvgIpc) is 2.56. The first-order chi connectivity index (χ1) is 11.1. The normalized spacial score (nSPS) is 10.5. The van der Waals surface area contributed by atoms with Crippen LogP contribution in [0.2, 0.25) is 5.02 Å². The minimum absolute atomic E-state index is 0.119. The maximum absolute atomic E-state index is 12.1. The number of aryl methyl sites for hydroxylation is 1. The molecule has 0 bridgehead atoms. The van der Waals surface area contributed by atoms with Crippen LogP contribution in [0.3, 0.4) is 0 Å². The van der Waals surface area contributed by atoms with Crippen LogP contribution in [0, 0.1) is 6.92 Å². The highest BCUT2D eigenvalue weighted by atomic mass is 35.5. The molecule has 1 aromatic heterocycles. The van der Waals surface area contributed by atoms with Crippen molar-refractivity contribution < 1.29 is 9.53 Å².